The van der Waals surface area contributed by atoms with E-state index in [9.17, 15) is 4.79 Å². The van der Waals surface area contributed by atoms with Gasteiger partial charge in [-0.2, -0.15) is 0 Å². The first-order valence-corrected chi connectivity index (χ1v) is 7.08. The third kappa shape index (κ3) is 2.69. The van der Waals surface area contributed by atoms with E-state index in [1.54, 1.807) is 0 Å². The molecule has 2 heterocycles. The van der Waals surface area contributed by atoms with Crippen LogP contribution in [0.15, 0.2) is 0 Å². The predicted octanol–water partition coefficient (Wildman–Crippen LogP) is 0.912. The molecule has 0 aromatic heterocycles. The van der Waals surface area contributed by atoms with Crippen molar-refractivity contribution in [3.63, 3.8) is 0 Å². The van der Waals surface area contributed by atoms with E-state index >= 15 is 0 Å². The molecule has 0 aromatic rings. The Morgan fingerprint density at radius 3 is 2.33 bits per heavy atom. The fourth-order valence-electron chi connectivity index (χ4n) is 3.06. The van der Waals surface area contributed by atoms with Gasteiger partial charge >= 0.3 is 0 Å². The van der Waals surface area contributed by atoms with E-state index in [-0.39, 0.29) is 17.5 Å². The quantitative estimate of drug-likeness (QED) is 0.756. The molecule has 2 N–H and O–H groups in total. The average molecular weight is 253 g/mol. The molecule has 0 radical (unpaired) electrons. The molecule has 4 heteroatoms. The topological polar surface area (TPSA) is 49.6 Å². The summed E-state index contributed by atoms with van der Waals surface area (Å²) in [6.07, 6.45) is 0.954. The molecule has 0 spiro atoms. The first kappa shape index (κ1) is 13.8. The molecular formula is C14H27N3O. The smallest absolute Gasteiger partial charge is 0.227 e. The second-order valence-corrected chi connectivity index (χ2v) is 6.99. The molecule has 3 atom stereocenters. The van der Waals surface area contributed by atoms with E-state index in [0.29, 0.717) is 11.8 Å². The maximum atomic E-state index is 12.5. The lowest BCUT2D eigenvalue weighted by Crippen LogP contribution is -2.42. The lowest BCUT2D eigenvalue weighted by atomic mass is 9.97. The van der Waals surface area contributed by atoms with E-state index in [1.165, 1.54) is 0 Å². The molecule has 2 saturated heterocycles. The third-order valence-electron chi connectivity index (χ3n) is 4.41. The van der Waals surface area contributed by atoms with Crippen molar-refractivity contribution in [1.82, 2.24) is 9.80 Å². The fraction of sp³-hybridized carbons (Fsp3) is 0.929. The van der Waals surface area contributed by atoms with Crippen molar-refractivity contribution < 1.29 is 4.79 Å². The van der Waals surface area contributed by atoms with Crippen LogP contribution in [-0.2, 0) is 4.79 Å². The zero-order valence-electron chi connectivity index (χ0n) is 12.1. The van der Waals surface area contributed by atoms with Gasteiger partial charge in [-0.3, -0.25) is 9.69 Å². The van der Waals surface area contributed by atoms with Crippen LogP contribution in [0.25, 0.3) is 0 Å². The normalized spacial score (nSPS) is 34.3. The summed E-state index contributed by atoms with van der Waals surface area (Å²) in [6, 6.07) is 0.185. The molecular weight excluding hydrogens is 226 g/mol. The van der Waals surface area contributed by atoms with Crippen LogP contribution < -0.4 is 5.73 Å². The molecule has 18 heavy (non-hydrogen) atoms. The van der Waals surface area contributed by atoms with Crippen LogP contribution in [0.3, 0.4) is 0 Å². The summed E-state index contributed by atoms with van der Waals surface area (Å²) in [5.74, 6) is 0.935. The zero-order valence-corrected chi connectivity index (χ0v) is 12.1. The molecule has 104 valence electrons. The van der Waals surface area contributed by atoms with E-state index in [4.69, 9.17) is 5.73 Å². The Balaban J connectivity index is 1.99. The van der Waals surface area contributed by atoms with Gasteiger partial charge in [0.25, 0.3) is 0 Å². The van der Waals surface area contributed by atoms with Gasteiger partial charge in [0.2, 0.25) is 5.91 Å². The molecule has 0 aromatic carbocycles. The lowest BCUT2D eigenvalue weighted by molar-refractivity contribution is -0.135. The number of hydrogen-bond donors (Lipinski definition) is 1. The van der Waals surface area contributed by atoms with Crippen molar-refractivity contribution in [3.8, 4) is 0 Å². The SMILES string of the molecule is C[C@H]1CN(C(C)(C)C)C[C@H]1C(=O)N1CC[C@@H](N)C1. The summed E-state index contributed by atoms with van der Waals surface area (Å²) >= 11 is 0. The second kappa shape index (κ2) is 4.82. The number of amides is 1. The van der Waals surface area contributed by atoms with Crippen molar-refractivity contribution in [1.29, 1.82) is 0 Å². The summed E-state index contributed by atoms with van der Waals surface area (Å²) < 4.78 is 0. The van der Waals surface area contributed by atoms with Gasteiger partial charge in [0.15, 0.2) is 0 Å². The molecule has 2 aliphatic heterocycles. The maximum Gasteiger partial charge on any atom is 0.227 e. The lowest BCUT2D eigenvalue weighted by Gasteiger charge is -2.32. The van der Waals surface area contributed by atoms with Crippen molar-refractivity contribution in [2.75, 3.05) is 26.2 Å². The molecule has 0 bridgehead atoms. The summed E-state index contributed by atoms with van der Waals surface area (Å²) in [6.45, 7) is 12.4. The van der Waals surface area contributed by atoms with Crippen molar-refractivity contribution in [2.45, 2.75) is 45.7 Å². The van der Waals surface area contributed by atoms with Crippen LogP contribution in [0.4, 0.5) is 0 Å². The molecule has 2 fully saturated rings. The van der Waals surface area contributed by atoms with Gasteiger partial charge < -0.3 is 10.6 Å². The van der Waals surface area contributed by atoms with E-state index in [0.717, 1.165) is 32.6 Å². The highest BCUT2D eigenvalue weighted by Crippen LogP contribution is 2.30. The number of likely N-dealkylation sites (tertiary alicyclic amines) is 2. The minimum Gasteiger partial charge on any atom is -0.341 e. The number of nitrogens with two attached hydrogens (primary N) is 1. The van der Waals surface area contributed by atoms with E-state index in [2.05, 4.69) is 32.6 Å². The maximum absolute atomic E-state index is 12.5. The highest BCUT2D eigenvalue weighted by atomic mass is 16.2. The molecule has 1 amide bonds. The summed E-state index contributed by atoms with van der Waals surface area (Å²) in [5, 5.41) is 0. The molecule has 0 saturated carbocycles. The minimum absolute atomic E-state index is 0.157. The van der Waals surface area contributed by atoms with Gasteiger partial charge in [0, 0.05) is 37.8 Å². The van der Waals surface area contributed by atoms with Crippen LogP contribution >= 0.6 is 0 Å². The zero-order chi connectivity index (χ0) is 13.5. The number of rotatable bonds is 1. The van der Waals surface area contributed by atoms with Crippen molar-refractivity contribution in [3.05, 3.63) is 0 Å². The molecule has 0 aliphatic carbocycles. The Bertz CT molecular complexity index is 323. The van der Waals surface area contributed by atoms with Crippen LogP contribution in [-0.4, -0.2) is 53.5 Å². The van der Waals surface area contributed by atoms with Crippen LogP contribution in [0.2, 0.25) is 0 Å². The van der Waals surface area contributed by atoms with Crippen LogP contribution in [0.1, 0.15) is 34.1 Å². The van der Waals surface area contributed by atoms with Gasteiger partial charge in [0.05, 0.1) is 5.92 Å². The highest BCUT2D eigenvalue weighted by Gasteiger charge is 2.41. The number of nitrogens with zero attached hydrogens (tertiary/aromatic N) is 2. The fourth-order valence-corrected chi connectivity index (χ4v) is 3.06. The minimum atomic E-state index is 0.157. The summed E-state index contributed by atoms with van der Waals surface area (Å²) in [5.41, 5.74) is 6.05. The first-order valence-electron chi connectivity index (χ1n) is 7.08. The van der Waals surface area contributed by atoms with Gasteiger partial charge in [-0.15, -0.1) is 0 Å². The molecule has 2 aliphatic rings. The van der Waals surface area contributed by atoms with Crippen molar-refractivity contribution in [2.24, 2.45) is 17.6 Å². The van der Waals surface area contributed by atoms with Gasteiger partial charge in [-0.25, -0.2) is 0 Å². The van der Waals surface area contributed by atoms with Crippen LogP contribution in [0.5, 0.6) is 0 Å². The molecule has 0 unspecified atom stereocenters. The monoisotopic (exact) mass is 253 g/mol. The van der Waals surface area contributed by atoms with Crippen LogP contribution in [0, 0.1) is 11.8 Å². The predicted molar refractivity (Wildman–Crippen MR) is 73.2 cm³/mol. The number of carbonyl (C=O) groups excluding carboxylic acids is 1. The number of carbonyl (C=O) groups is 1. The number of hydrogen-bond acceptors (Lipinski definition) is 3. The Labute approximate surface area is 110 Å². The Hall–Kier alpha value is -0.610. The molecule has 4 nitrogen and oxygen atoms in total. The van der Waals surface area contributed by atoms with Gasteiger partial charge in [0.1, 0.15) is 0 Å². The summed E-state index contributed by atoms with van der Waals surface area (Å²) in [4.78, 5) is 16.9. The molecule has 2 rings (SSSR count). The largest absolute Gasteiger partial charge is 0.341 e. The Kier molecular flexibility index (Phi) is 3.70. The average Bonchev–Trinajstić information content (AvgIpc) is 2.83. The Morgan fingerprint density at radius 2 is 1.89 bits per heavy atom. The van der Waals surface area contributed by atoms with E-state index in [1.807, 2.05) is 4.90 Å². The Morgan fingerprint density at radius 1 is 1.22 bits per heavy atom. The van der Waals surface area contributed by atoms with Crippen molar-refractivity contribution >= 4 is 5.91 Å². The highest BCUT2D eigenvalue weighted by molar-refractivity contribution is 5.80. The van der Waals surface area contributed by atoms with Gasteiger partial charge in [-0.1, -0.05) is 6.92 Å². The van der Waals surface area contributed by atoms with E-state index < -0.39 is 0 Å². The third-order valence-corrected chi connectivity index (χ3v) is 4.41. The summed E-state index contributed by atoms with van der Waals surface area (Å²) in [7, 11) is 0. The first-order chi connectivity index (χ1) is 8.29. The van der Waals surface area contributed by atoms with Gasteiger partial charge in [-0.05, 0) is 33.1 Å². The standard InChI is InChI=1S/C14H27N3O/c1-10-7-17(14(2,3)4)9-12(10)13(18)16-6-5-11(15)8-16/h10-12H,5-9,15H2,1-4H3/t10-,11+,12+/m0/s1. The second-order valence-electron chi connectivity index (χ2n) is 6.99.